The second-order valence-electron chi connectivity index (χ2n) is 4.04. The van der Waals surface area contributed by atoms with Gasteiger partial charge in [0, 0.05) is 5.41 Å². The molecule has 2 heterocycles. The maximum absolute atomic E-state index is 11.9. The molecule has 0 aliphatic carbocycles. The van der Waals surface area contributed by atoms with Crippen molar-refractivity contribution in [2.75, 3.05) is 7.11 Å². The van der Waals surface area contributed by atoms with Gasteiger partial charge in [0.1, 0.15) is 12.2 Å². The van der Waals surface area contributed by atoms with E-state index in [9.17, 15) is 9.59 Å². The molecule has 5 nitrogen and oxygen atoms in total. The summed E-state index contributed by atoms with van der Waals surface area (Å²) >= 11 is 1.29. The monoisotopic (exact) mass is 274 g/mol. The van der Waals surface area contributed by atoms with E-state index in [1.165, 1.54) is 16.7 Å². The van der Waals surface area contributed by atoms with Crippen LogP contribution in [0.25, 0.3) is 5.70 Å². The molecule has 0 bridgehead atoms. The van der Waals surface area contributed by atoms with Crippen LogP contribution in [0.15, 0.2) is 34.7 Å². The van der Waals surface area contributed by atoms with Crippen molar-refractivity contribution >= 4 is 34.4 Å². The van der Waals surface area contributed by atoms with Gasteiger partial charge in [-0.15, -0.1) is 0 Å². The number of methoxy groups -OCH3 is 1. The minimum absolute atomic E-state index is 0.169. The number of carbonyl (C=O) groups is 2. The zero-order valence-corrected chi connectivity index (χ0v) is 10.9. The lowest BCUT2D eigenvalue weighted by Crippen LogP contribution is -2.36. The lowest BCUT2D eigenvalue weighted by molar-refractivity contribution is -0.131. The topological polar surface area (TPSA) is 59.0 Å². The zero-order valence-electron chi connectivity index (χ0n) is 10.1. The highest BCUT2D eigenvalue weighted by Gasteiger charge is 2.34. The largest absolute Gasteiger partial charge is 0.497 e. The van der Waals surface area contributed by atoms with Gasteiger partial charge in [0.25, 0.3) is 5.91 Å². The van der Waals surface area contributed by atoms with Crippen LogP contribution in [0.4, 0.5) is 0 Å². The summed E-state index contributed by atoms with van der Waals surface area (Å²) in [5, 5.41) is 2.27. The Kier molecular flexibility index (Phi) is 2.87. The van der Waals surface area contributed by atoms with Gasteiger partial charge in [-0.25, -0.2) is 0 Å². The van der Waals surface area contributed by atoms with E-state index in [-0.39, 0.29) is 18.2 Å². The fraction of sp³-hybridized carbons (Fsp3) is 0.154. The van der Waals surface area contributed by atoms with Gasteiger partial charge in [-0.1, -0.05) is 11.8 Å². The average Bonchev–Trinajstić information content (AvgIpc) is 2.83. The van der Waals surface area contributed by atoms with Crippen LogP contribution in [0.5, 0.6) is 5.75 Å². The summed E-state index contributed by atoms with van der Waals surface area (Å²) in [7, 11) is 1.60. The third kappa shape index (κ3) is 2.04. The summed E-state index contributed by atoms with van der Waals surface area (Å²) in [4.78, 5) is 28.6. The number of benzene rings is 1. The number of rotatable bonds is 2. The second kappa shape index (κ2) is 4.55. The fourth-order valence-corrected chi connectivity index (χ4v) is 2.87. The minimum Gasteiger partial charge on any atom is -0.497 e. The summed E-state index contributed by atoms with van der Waals surface area (Å²) in [6.07, 6.45) is -0.169. The number of hydrogen-bond acceptors (Lipinski definition) is 4. The van der Waals surface area contributed by atoms with Crippen LogP contribution in [-0.2, 0) is 9.59 Å². The SMILES string of the molecule is COc1ccc(C2=CSC3=NC(=O)CC(=O)N23)cc1. The number of amidine groups is 1. The molecule has 6 heteroatoms. The molecular formula is C13H10N2O3S. The van der Waals surface area contributed by atoms with Gasteiger partial charge in [0.15, 0.2) is 5.17 Å². The van der Waals surface area contributed by atoms with Crippen molar-refractivity contribution in [1.29, 1.82) is 0 Å². The molecule has 2 aliphatic heterocycles. The Morgan fingerprint density at radius 1 is 1.26 bits per heavy atom. The molecule has 96 valence electrons. The highest BCUT2D eigenvalue weighted by atomic mass is 32.2. The number of fused-ring (bicyclic) bond motifs is 1. The maximum atomic E-state index is 11.9. The number of thioether (sulfide) groups is 1. The Bertz CT molecular complexity index is 619. The van der Waals surface area contributed by atoms with E-state index in [1.807, 2.05) is 29.7 Å². The molecule has 0 spiro atoms. The van der Waals surface area contributed by atoms with Gasteiger partial charge in [-0.3, -0.25) is 14.5 Å². The van der Waals surface area contributed by atoms with Crippen LogP contribution in [0.1, 0.15) is 12.0 Å². The molecule has 0 radical (unpaired) electrons. The van der Waals surface area contributed by atoms with Crippen LogP contribution in [0.3, 0.4) is 0 Å². The Morgan fingerprint density at radius 3 is 2.68 bits per heavy atom. The Labute approximate surface area is 113 Å². The fourth-order valence-electron chi connectivity index (χ4n) is 1.95. The smallest absolute Gasteiger partial charge is 0.257 e. The predicted octanol–water partition coefficient (Wildman–Crippen LogP) is 1.86. The van der Waals surface area contributed by atoms with Gasteiger partial charge in [0.2, 0.25) is 5.91 Å². The van der Waals surface area contributed by atoms with E-state index in [0.717, 1.165) is 17.0 Å². The third-order valence-corrected chi connectivity index (χ3v) is 3.69. The molecule has 1 aromatic carbocycles. The molecule has 1 aromatic rings. The average molecular weight is 274 g/mol. The highest BCUT2D eigenvalue weighted by molar-refractivity contribution is 8.17. The molecule has 3 rings (SSSR count). The number of hydrogen-bond donors (Lipinski definition) is 0. The molecule has 2 aliphatic rings. The molecule has 0 fully saturated rings. The molecule has 0 unspecified atom stereocenters. The molecular weight excluding hydrogens is 264 g/mol. The van der Waals surface area contributed by atoms with Crippen molar-refractivity contribution in [2.45, 2.75) is 6.42 Å². The number of carbonyl (C=O) groups excluding carboxylic acids is 2. The van der Waals surface area contributed by atoms with Crippen molar-refractivity contribution in [3.05, 3.63) is 35.2 Å². The summed E-state index contributed by atoms with van der Waals surface area (Å²) in [5.74, 6) is 0.138. The highest BCUT2D eigenvalue weighted by Crippen LogP contribution is 2.36. The van der Waals surface area contributed by atoms with Crippen LogP contribution in [-0.4, -0.2) is 29.0 Å². The second-order valence-corrected chi connectivity index (χ2v) is 4.88. The number of nitrogens with zero attached hydrogens (tertiary/aromatic N) is 2. The first-order chi connectivity index (χ1) is 9.19. The summed E-state index contributed by atoms with van der Waals surface area (Å²) < 4.78 is 5.10. The first kappa shape index (κ1) is 12.0. The maximum Gasteiger partial charge on any atom is 0.257 e. The van der Waals surface area contributed by atoms with Crippen molar-refractivity contribution in [3.8, 4) is 5.75 Å². The van der Waals surface area contributed by atoms with Gasteiger partial charge >= 0.3 is 0 Å². The molecule has 0 saturated carbocycles. The third-order valence-electron chi connectivity index (χ3n) is 2.87. The van der Waals surface area contributed by atoms with Gasteiger partial charge < -0.3 is 4.74 Å². The van der Waals surface area contributed by atoms with Crippen LogP contribution >= 0.6 is 11.8 Å². The summed E-state index contributed by atoms with van der Waals surface area (Å²) in [6.45, 7) is 0. The molecule has 19 heavy (non-hydrogen) atoms. The Balaban J connectivity index is 1.96. The standard InChI is InChI=1S/C13H10N2O3S/c1-18-9-4-2-8(3-5-9)10-7-19-13-14-11(16)6-12(17)15(10)13/h2-5,7H,6H2,1H3. The first-order valence-electron chi connectivity index (χ1n) is 5.65. The molecule has 0 N–H and O–H groups in total. The number of ether oxygens (including phenoxy) is 1. The van der Waals surface area contributed by atoms with Gasteiger partial charge in [0.05, 0.1) is 12.8 Å². The molecule has 0 atom stereocenters. The predicted molar refractivity (Wildman–Crippen MR) is 72.5 cm³/mol. The lowest BCUT2D eigenvalue weighted by Gasteiger charge is -2.22. The van der Waals surface area contributed by atoms with E-state index in [2.05, 4.69) is 4.99 Å². The van der Waals surface area contributed by atoms with Crippen molar-refractivity contribution in [3.63, 3.8) is 0 Å². The number of amides is 2. The van der Waals surface area contributed by atoms with Crippen molar-refractivity contribution in [1.82, 2.24) is 4.90 Å². The van der Waals surface area contributed by atoms with Crippen LogP contribution in [0, 0.1) is 0 Å². The number of aliphatic imine (C=N–C) groups is 1. The van der Waals surface area contributed by atoms with Crippen LogP contribution < -0.4 is 4.74 Å². The summed E-state index contributed by atoms with van der Waals surface area (Å²) in [5.41, 5.74) is 1.64. The summed E-state index contributed by atoms with van der Waals surface area (Å²) in [6, 6.07) is 7.40. The van der Waals surface area contributed by atoms with E-state index in [4.69, 9.17) is 4.74 Å². The van der Waals surface area contributed by atoms with E-state index < -0.39 is 0 Å². The minimum atomic E-state index is -0.381. The lowest BCUT2D eigenvalue weighted by atomic mass is 10.1. The van der Waals surface area contributed by atoms with Gasteiger partial charge in [-0.2, -0.15) is 4.99 Å². The molecule has 0 saturated heterocycles. The first-order valence-corrected chi connectivity index (χ1v) is 6.53. The molecule has 2 amide bonds. The van der Waals surface area contributed by atoms with Crippen LogP contribution in [0.2, 0.25) is 0 Å². The molecule has 0 aromatic heterocycles. The Morgan fingerprint density at radius 2 is 2.00 bits per heavy atom. The van der Waals surface area contributed by atoms with E-state index >= 15 is 0 Å². The van der Waals surface area contributed by atoms with E-state index in [0.29, 0.717) is 5.17 Å². The van der Waals surface area contributed by atoms with Crippen molar-refractivity contribution in [2.24, 2.45) is 4.99 Å². The quantitative estimate of drug-likeness (QED) is 0.772. The normalized spacial score (nSPS) is 18.1. The Hall–Kier alpha value is -2.08. The van der Waals surface area contributed by atoms with Gasteiger partial charge in [-0.05, 0) is 29.8 Å². The zero-order chi connectivity index (χ0) is 13.4. The van der Waals surface area contributed by atoms with E-state index in [1.54, 1.807) is 7.11 Å². The van der Waals surface area contributed by atoms with Crippen molar-refractivity contribution < 1.29 is 14.3 Å².